The van der Waals surface area contributed by atoms with E-state index in [1.54, 1.807) is 6.92 Å². The summed E-state index contributed by atoms with van der Waals surface area (Å²) in [4.78, 5) is 0. The van der Waals surface area contributed by atoms with E-state index >= 15 is 0 Å². The maximum atomic E-state index is 9.50. The number of unbranched alkanes of at least 4 members (excludes halogenated alkanes) is 1. The second-order valence-electron chi connectivity index (χ2n) is 5.09. The first-order chi connectivity index (χ1) is 9.70. The van der Waals surface area contributed by atoms with Crippen LogP contribution in [0, 0.1) is 0 Å². The first kappa shape index (κ1) is 14.8. The largest absolute Gasteiger partial charge is 0.460 e. The first-order valence-corrected chi connectivity index (χ1v) is 7.28. The van der Waals surface area contributed by atoms with E-state index in [1.807, 2.05) is 36.4 Å². The van der Waals surface area contributed by atoms with E-state index in [0.29, 0.717) is 0 Å². The first-order valence-electron chi connectivity index (χ1n) is 7.28. The molecule has 0 spiro atoms. The Kier molecular flexibility index (Phi) is 5.39. The fourth-order valence-electron chi connectivity index (χ4n) is 2.07. The molecule has 0 amide bonds. The molecule has 1 atom stereocenters. The summed E-state index contributed by atoms with van der Waals surface area (Å²) in [6.07, 6.45) is 1.96. The zero-order valence-electron chi connectivity index (χ0n) is 12.2. The zero-order valence-corrected chi connectivity index (χ0v) is 12.2. The number of benzene rings is 1. The summed E-state index contributed by atoms with van der Waals surface area (Å²) < 4.78 is 5.83. The summed E-state index contributed by atoms with van der Waals surface area (Å²) in [6, 6.07) is 11.8. The van der Waals surface area contributed by atoms with Gasteiger partial charge in [0.1, 0.15) is 11.5 Å². The predicted octanol–water partition coefficient (Wildman–Crippen LogP) is 3.89. The lowest BCUT2D eigenvalue weighted by molar-refractivity contribution is 0.199. The highest BCUT2D eigenvalue weighted by molar-refractivity contribution is 5.58. The van der Waals surface area contributed by atoms with E-state index in [-0.39, 0.29) is 0 Å². The van der Waals surface area contributed by atoms with Crippen LogP contribution in [0.4, 0.5) is 0 Å². The van der Waals surface area contributed by atoms with Crippen molar-refractivity contribution >= 4 is 0 Å². The van der Waals surface area contributed by atoms with E-state index in [0.717, 1.165) is 35.7 Å². The molecule has 1 aromatic heterocycles. The van der Waals surface area contributed by atoms with Crippen molar-refractivity contribution in [2.24, 2.45) is 0 Å². The van der Waals surface area contributed by atoms with Crippen LogP contribution in [0.15, 0.2) is 40.8 Å². The van der Waals surface area contributed by atoms with Crippen molar-refractivity contribution in [1.82, 2.24) is 5.32 Å². The Morgan fingerprint density at radius 3 is 2.55 bits per heavy atom. The number of furan rings is 1. The van der Waals surface area contributed by atoms with Crippen molar-refractivity contribution in [3.8, 4) is 11.3 Å². The molecule has 1 aromatic carbocycles. The molecule has 0 aliphatic heterocycles. The molecule has 0 fully saturated rings. The minimum Gasteiger partial charge on any atom is -0.460 e. The Morgan fingerprint density at radius 1 is 1.15 bits per heavy atom. The van der Waals surface area contributed by atoms with Gasteiger partial charge < -0.3 is 14.8 Å². The van der Waals surface area contributed by atoms with E-state index in [9.17, 15) is 5.11 Å². The van der Waals surface area contributed by atoms with Gasteiger partial charge in [-0.1, -0.05) is 37.6 Å². The van der Waals surface area contributed by atoms with Crippen LogP contribution in [-0.4, -0.2) is 11.7 Å². The van der Waals surface area contributed by atoms with Crippen LogP contribution in [0.1, 0.15) is 44.1 Å². The van der Waals surface area contributed by atoms with Gasteiger partial charge in [-0.15, -0.1) is 0 Å². The maximum absolute atomic E-state index is 9.50. The van der Waals surface area contributed by atoms with Crippen molar-refractivity contribution in [1.29, 1.82) is 0 Å². The fourth-order valence-corrected chi connectivity index (χ4v) is 2.07. The van der Waals surface area contributed by atoms with E-state index in [4.69, 9.17) is 4.42 Å². The van der Waals surface area contributed by atoms with Crippen LogP contribution < -0.4 is 5.32 Å². The molecule has 0 bridgehead atoms. The molecule has 1 heterocycles. The maximum Gasteiger partial charge on any atom is 0.134 e. The fraction of sp³-hybridized carbons (Fsp3) is 0.412. The van der Waals surface area contributed by atoms with Crippen LogP contribution in [0.2, 0.25) is 0 Å². The summed E-state index contributed by atoms with van der Waals surface area (Å²) >= 11 is 0. The standard InChI is InChI=1S/C17H23NO2/c1-3-4-11-18-12-16-9-10-17(20-16)15-7-5-14(6-8-15)13(2)19/h5-10,13,18-19H,3-4,11-12H2,1-2H3. The molecular weight excluding hydrogens is 250 g/mol. The molecule has 20 heavy (non-hydrogen) atoms. The van der Waals surface area contributed by atoms with E-state index in [2.05, 4.69) is 12.2 Å². The van der Waals surface area contributed by atoms with Gasteiger partial charge in [0, 0.05) is 5.56 Å². The molecular formula is C17H23NO2. The van der Waals surface area contributed by atoms with Gasteiger partial charge in [-0.2, -0.15) is 0 Å². The van der Waals surface area contributed by atoms with E-state index in [1.165, 1.54) is 12.8 Å². The highest BCUT2D eigenvalue weighted by Crippen LogP contribution is 2.24. The molecule has 2 aromatic rings. The second kappa shape index (κ2) is 7.27. The highest BCUT2D eigenvalue weighted by Gasteiger charge is 2.06. The molecule has 2 N–H and O–H groups in total. The Hall–Kier alpha value is -1.58. The molecule has 3 nitrogen and oxygen atoms in total. The van der Waals surface area contributed by atoms with Gasteiger partial charge in [0.25, 0.3) is 0 Å². The third-order valence-corrected chi connectivity index (χ3v) is 3.35. The van der Waals surface area contributed by atoms with Crippen LogP contribution in [-0.2, 0) is 6.54 Å². The number of aliphatic hydroxyl groups excluding tert-OH is 1. The number of hydrogen-bond donors (Lipinski definition) is 2. The molecule has 1 unspecified atom stereocenters. The average Bonchev–Trinajstić information content (AvgIpc) is 2.92. The summed E-state index contributed by atoms with van der Waals surface area (Å²) in [5.41, 5.74) is 1.95. The number of hydrogen-bond acceptors (Lipinski definition) is 3. The van der Waals surface area contributed by atoms with Crippen LogP contribution in [0.25, 0.3) is 11.3 Å². The summed E-state index contributed by atoms with van der Waals surface area (Å²) in [5.74, 6) is 1.82. The van der Waals surface area contributed by atoms with Gasteiger partial charge in [-0.25, -0.2) is 0 Å². The lowest BCUT2D eigenvalue weighted by Crippen LogP contribution is -2.13. The van der Waals surface area contributed by atoms with Crippen molar-refractivity contribution in [2.45, 2.75) is 39.3 Å². The van der Waals surface area contributed by atoms with Crippen LogP contribution in [0.3, 0.4) is 0 Å². The molecule has 2 rings (SSSR count). The smallest absolute Gasteiger partial charge is 0.134 e. The Labute approximate surface area is 120 Å². The molecule has 0 aliphatic carbocycles. The summed E-state index contributed by atoms with van der Waals surface area (Å²) in [7, 11) is 0. The van der Waals surface area contributed by atoms with Crippen molar-refractivity contribution in [3.63, 3.8) is 0 Å². The van der Waals surface area contributed by atoms with Crippen molar-refractivity contribution in [3.05, 3.63) is 47.7 Å². The minimum atomic E-state index is -0.432. The quantitative estimate of drug-likeness (QED) is 0.752. The van der Waals surface area contributed by atoms with Gasteiger partial charge in [0.05, 0.1) is 12.6 Å². The molecule has 108 valence electrons. The molecule has 0 saturated carbocycles. The van der Waals surface area contributed by atoms with Gasteiger partial charge in [-0.05, 0) is 37.6 Å². The SMILES string of the molecule is CCCCNCc1ccc(-c2ccc(C(C)O)cc2)o1. The van der Waals surface area contributed by atoms with Gasteiger partial charge in [-0.3, -0.25) is 0 Å². The average molecular weight is 273 g/mol. The number of aliphatic hydroxyl groups is 1. The topological polar surface area (TPSA) is 45.4 Å². The van der Waals surface area contributed by atoms with Gasteiger partial charge >= 0.3 is 0 Å². The molecule has 0 aliphatic rings. The Morgan fingerprint density at radius 2 is 1.90 bits per heavy atom. The van der Waals surface area contributed by atoms with Crippen molar-refractivity contribution in [2.75, 3.05) is 6.54 Å². The summed E-state index contributed by atoms with van der Waals surface area (Å²) in [6.45, 7) is 5.74. The molecule has 0 radical (unpaired) electrons. The lowest BCUT2D eigenvalue weighted by Gasteiger charge is -2.05. The van der Waals surface area contributed by atoms with Crippen LogP contribution >= 0.6 is 0 Å². The minimum absolute atomic E-state index is 0.432. The second-order valence-corrected chi connectivity index (χ2v) is 5.09. The van der Waals surface area contributed by atoms with Gasteiger partial charge in [0.15, 0.2) is 0 Å². The Balaban J connectivity index is 1.97. The van der Waals surface area contributed by atoms with Crippen molar-refractivity contribution < 1.29 is 9.52 Å². The van der Waals surface area contributed by atoms with Gasteiger partial charge in [0.2, 0.25) is 0 Å². The normalized spacial score (nSPS) is 12.6. The third kappa shape index (κ3) is 3.95. The Bertz CT molecular complexity index is 514. The molecule has 0 saturated heterocycles. The van der Waals surface area contributed by atoms with E-state index < -0.39 is 6.10 Å². The number of nitrogens with one attached hydrogen (secondary N) is 1. The predicted molar refractivity (Wildman–Crippen MR) is 81.4 cm³/mol. The zero-order chi connectivity index (χ0) is 14.4. The van der Waals surface area contributed by atoms with Crippen LogP contribution in [0.5, 0.6) is 0 Å². The highest BCUT2D eigenvalue weighted by atomic mass is 16.3. The summed E-state index contributed by atoms with van der Waals surface area (Å²) in [5, 5.41) is 12.9. The molecule has 3 heteroatoms. The number of rotatable bonds is 7. The lowest BCUT2D eigenvalue weighted by atomic mass is 10.1. The monoisotopic (exact) mass is 273 g/mol. The third-order valence-electron chi connectivity index (χ3n) is 3.35.